The summed E-state index contributed by atoms with van der Waals surface area (Å²) in [5.41, 5.74) is 4.38. The molecule has 3 rings (SSSR count). The number of nitrogens with zero attached hydrogens (tertiary/aromatic N) is 2. The molecule has 0 radical (unpaired) electrons. The Morgan fingerprint density at radius 3 is 1.84 bits per heavy atom. The summed E-state index contributed by atoms with van der Waals surface area (Å²) in [6.45, 7) is 9.30. The van der Waals surface area contributed by atoms with Gasteiger partial charge in [0.1, 0.15) is 11.9 Å². The molecule has 1 heterocycles. The van der Waals surface area contributed by atoms with Crippen LogP contribution in [0.4, 0.5) is 0 Å². The van der Waals surface area contributed by atoms with E-state index < -0.39 is 0 Å². The van der Waals surface area contributed by atoms with Crippen LogP contribution in [0.5, 0.6) is 0 Å². The van der Waals surface area contributed by atoms with Crippen LogP contribution in [0.1, 0.15) is 133 Å². The largest absolute Gasteiger partial charge is 0.261 e. The van der Waals surface area contributed by atoms with Gasteiger partial charge in [0.15, 0.2) is 0 Å². The first-order chi connectivity index (χ1) is 18.7. The molecule has 0 spiro atoms. The number of unbranched alkanes of at least 4 members (excludes halogenated alkanes) is 11. The van der Waals surface area contributed by atoms with Crippen LogP contribution in [0.2, 0.25) is 0 Å². The molecule has 2 aromatic carbocycles. The fourth-order valence-corrected chi connectivity index (χ4v) is 5.75. The predicted molar refractivity (Wildman–Crippen MR) is 164 cm³/mol. The smallest absolute Gasteiger partial charge is 0.234 e. The van der Waals surface area contributed by atoms with Crippen LogP contribution in [-0.2, 0) is 25.9 Å². The van der Waals surface area contributed by atoms with Gasteiger partial charge < -0.3 is 0 Å². The van der Waals surface area contributed by atoms with Gasteiger partial charge in [-0.2, -0.15) is 0 Å². The van der Waals surface area contributed by atoms with Crippen molar-refractivity contribution >= 4 is 0 Å². The maximum absolute atomic E-state index is 2.71. The topological polar surface area (TPSA) is 8.81 Å². The zero-order valence-electron chi connectivity index (χ0n) is 24.8. The van der Waals surface area contributed by atoms with Crippen molar-refractivity contribution in [3.8, 4) is 0 Å². The molecule has 0 aliphatic rings. The Morgan fingerprint density at radius 1 is 0.658 bits per heavy atom. The summed E-state index contributed by atoms with van der Waals surface area (Å²) in [4.78, 5) is 0. The number of aromatic nitrogens is 2. The van der Waals surface area contributed by atoms with Gasteiger partial charge >= 0.3 is 0 Å². The summed E-state index contributed by atoms with van der Waals surface area (Å²) in [5.74, 6) is 2.02. The number of benzene rings is 2. The summed E-state index contributed by atoms with van der Waals surface area (Å²) in [7, 11) is 0. The molecule has 0 aliphatic carbocycles. The minimum Gasteiger partial charge on any atom is -0.234 e. The Kier molecular flexibility index (Phi) is 14.3. The molecule has 3 aromatic rings. The lowest BCUT2D eigenvalue weighted by Crippen LogP contribution is -2.41. The fraction of sp³-hybridized carbons (Fsp3) is 0.583. The fourth-order valence-electron chi connectivity index (χ4n) is 5.75. The number of hydrogen-bond donors (Lipinski definition) is 0. The summed E-state index contributed by atoms with van der Waals surface area (Å²) in [6.07, 6.45) is 22.3. The Hall–Kier alpha value is -2.35. The quantitative estimate of drug-likeness (QED) is 0.105. The monoisotopic (exact) mass is 515 g/mol. The second-order valence-corrected chi connectivity index (χ2v) is 11.4. The average molecular weight is 516 g/mol. The van der Waals surface area contributed by atoms with E-state index >= 15 is 0 Å². The Morgan fingerprint density at radius 2 is 1.21 bits per heavy atom. The van der Waals surface area contributed by atoms with E-state index in [1.807, 2.05) is 0 Å². The average Bonchev–Trinajstić information content (AvgIpc) is 3.26. The van der Waals surface area contributed by atoms with E-state index in [2.05, 4.69) is 96.8 Å². The van der Waals surface area contributed by atoms with Crippen LogP contribution in [0.15, 0.2) is 66.9 Å². The van der Waals surface area contributed by atoms with E-state index in [0.29, 0.717) is 5.92 Å². The van der Waals surface area contributed by atoms with Gasteiger partial charge in [-0.25, -0.2) is 9.13 Å². The van der Waals surface area contributed by atoms with Gasteiger partial charge in [0.25, 0.3) is 5.82 Å². The van der Waals surface area contributed by atoms with Gasteiger partial charge in [-0.1, -0.05) is 139 Å². The lowest BCUT2D eigenvalue weighted by molar-refractivity contribution is -0.710. The maximum atomic E-state index is 2.71. The van der Waals surface area contributed by atoms with Crippen LogP contribution < -0.4 is 4.57 Å². The molecule has 2 nitrogen and oxygen atoms in total. The Balaban J connectivity index is 1.77. The SMILES string of the molecule is CCCCCCCCCCn1cc(CC(C)c2ccccc2)[n+](CCCCCCC)c1Cc1ccccc1. The third-order valence-electron chi connectivity index (χ3n) is 8.12. The molecular formula is C36H55N2+. The van der Waals surface area contributed by atoms with E-state index in [0.717, 1.165) is 25.9 Å². The molecule has 2 heteroatoms. The molecule has 0 aliphatic heterocycles. The van der Waals surface area contributed by atoms with E-state index in [-0.39, 0.29) is 0 Å². The molecule has 0 N–H and O–H groups in total. The van der Waals surface area contributed by atoms with Crippen molar-refractivity contribution in [1.82, 2.24) is 4.57 Å². The molecule has 1 aromatic heterocycles. The molecule has 38 heavy (non-hydrogen) atoms. The zero-order chi connectivity index (χ0) is 26.8. The number of hydrogen-bond acceptors (Lipinski definition) is 0. The van der Waals surface area contributed by atoms with Crippen LogP contribution in [0.3, 0.4) is 0 Å². The highest BCUT2D eigenvalue weighted by molar-refractivity contribution is 5.21. The number of imidazole rings is 1. The zero-order valence-corrected chi connectivity index (χ0v) is 24.8. The summed E-state index contributed by atoms with van der Waals surface area (Å²) >= 11 is 0. The first kappa shape index (κ1) is 30.2. The van der Waals surface area contributed by atoms with Crippen molar-refractivity contribution < 1.29 is 4.57 Å². The van der Waals surface area contributed by atoms with Crippen molar-refractivity contribution in [3.63, 3.8) is 0 Å². The molecule has 0 fully saturated rings. The summed E-state index contributed by atoms with van der Waals surface area (Å²) in [6, 6.07) is 22.2. The normalized spacial score (nSPS) is 12.2. The van der Waals surface area contributed by atoms with Gasteiger partial charge in [-0.3, -0.25) is 0 Å². The summed E-state index contributed by atoms with van der Waals surface area (Å²) in [5, 5.41) is 0. The van der Waals surface area contributed by atoms with Crippen LogP contribution in [0.25, 0.3) is 0 Å². The number of rotatable bonds is 20. The van der Waals surface area contributed by atoms with Crippen molar-refractivity contribution in [2.24, 2.45) is 0 Å². The molecule has 0 amide bonds. The molecule has 0 bridgehead atoms. The minimum atomic E-state index is 0.520. The second-order valence-electron chi connectivity index (χ2n) is 11.4. The van der Waals surface area contributed by atoms with Crippen LogP contribution >= 0.6 is 0 Å². The molecule has 0 saturated heterocycles. The molecule has 1 atom stereocenters. The van der Waals surface area contributed by atoms with Crippen LogP contribution in [-0.4, -0.2) is 4.57 Å². The predicted octanol–water partition coefficient (Wildman–Crippen LogP) is 9.82. The highest BCUT2D eigenvalue weighted by atomic mass is 15.2. The Bertz CT molecular complexity index is 989. The highest BCUT2D eigenvalue weighted by Crippen LogP contribution is 2.21. The van der Waals surface area contributed by atoms with Gasteiger partial charge in [0.2, 0.25) is 0 Å². The maximum Gasteiger partial charge on any atom is 0.261 e. The lowest BCUT2D eigenvalue weighted by Gasteiger charge is -2.12. The second kappa shape index (κ2) is 18.0. The van der Waals surface area contributed by atoms with Gasteiger partial charge in [-0.15, -0.1) is 0 Å². The number of aryl methyl sites for hydroxylation is 1. The van der Waals surface area contributed by atoms with E-state index in [9.17, 15) is 0 Å². The van der Waals surface area contributed by atoms with Gasteiger partial charge in [0.05, 0.1) is 19.5 Å². The van der Waals surface area contributed by atoms with E-state index in [1.165, 1.54) is 106 Å². The van der Waals surface area contributed by atoms with Crippen molar-refractivity contribution in [2.75, 3.05) is 0 Å². The molecule has 1 unspecified atom stereocenters. The minimum absolute atomic E-state index is 0.520. The third kappa shape index (κ3) is 10.4. The first-order valence-electron chi connectivity index (χ1n) is 15.9. The first-order valence-corrected chi connectivity index (χ1v) is 15.9. The summed E-state index contributed by atoms with van der Waals surface area (Å²) < 4.78 is 5.34. The van der Waals surface area contributed by atoms with Crippen molar-refractivity contribution in [1.29, 1.82) is 0 Å². The third-order valence-corrected chi connectivity index (χ3v) is 8.12. The van der Waals surface area contributed by atoms with Crippen LogP contribution in [0, 0.1) is 0 Å². The standard InChI is InChI=1S/C36H55N2/c1-4-6-8-10-11-12-14-21-27-37-31-35(29-32(3)34-25-19-16-20-26-34)38(28-22-13-9-7-5-2)36(37)30-33-23-17-15-18-24-33/h15-20,23-26,31-32H,4-14,21-22,27-30H2,1-3H3/q+1. The van der Waals surface area contributed by atoms with Gasteiger partial charge in [0, 0.05) is 6.42 Å². The highest BCUT2D eigenvalue weighted by Gasteiger charge is 2.25. The molecular weight excluding hydrogens is 460 g/mol. The molecule has 0 saturated carbocycles. The molecule has 208 valence electrons. The lowest BCUT2D eigenvalue weighted by atomic mass is 9.96. The Labute approximate surface area is 234 Å². The van der Waals surface area contributed by atoms with Crippen molar-refractivity contribution in [3.05, 3.63) is 89.5 Å². The van der Waals surface area contributed by atoms with Crippen molar-refractivity contribution in [2.45, 2.75) is 136 Å². The van der Waals surface area contributed by atoms with E-state index in [4.69, 9.17) is 0 Å². The van der Waals surface area contributed by atoms with Gasteiger partial charge in [-0.05, 0) is 42.7 Å². The van der Waals surface area contributed by atoms with E-state index in [1.54, 1.807) is 0 Å².